The predicted octanol–water partition coefficient (Wildman–Crippen LogP) is 0.409. The van der Waals surface area contributed by atoms with Crippen LogP contribution in [0.15, 0.2) is 0 Å². The van der Waals surface area contributed by atoms with Crippen molar-refractivity contribution in [2.75, 3.05) is 13.2 Å². The summed E-state index contributed by atoms with van der Waals surface area (Å²) in [5, 5.41) is 2.83. The highest BCUT2D eigenvalue weighted by atomic mass is 16.5. The second-order valence-corrected chi connectivity index (χ2v) is 3.90. The molecule has 1 unspecified atom stereocenters. The lowest BCUT2D eigenvalue weighted by Crippen LogP contribution is -2.39. The molecule has 1 fully saturated rings. The standard InChI is InChI=1S/C10H20N2O2/c1-8(7-11)12-10(13)6-9-4-2-3-5-14-9/h8-9H,2-7,11H2,1H3,(H,12,13)/t8-,9?/m1/s1. The molecule has 1 aliphatic heterocycles. The van der Waals surface area contributed by atoms with Gasteiger partial charge in [0.25, 0.3) is 0 Å². The average Bonchev–Trinajstić information content (AvgIpc) is 2.19. The van der Waals surface area contributed by atoms with Crippen LogP contribution in [0.1, 0.15) is 32.6 Å². The van der Waals surface area contributed by atoms with E-state index in [1.165, 1.54) is 6.42 Å². The van der Waals surface area contributed by atoms with Crippen molar-refractivity contribution in [1.29, 1.82) is 0 Å². The summed E-state index contributed by atoms with van der Waals surface area (Å²) in [6.45, 7) is 3.18. The SMILES string of the molecule is C[C@H](CN)NC(=O)CC1CCCCO1. The molecule has 82 valence electrons. The van der Waals surface area contributed by atoms with Gasteiger partial charge in [-0.15, -0.1) is 0 Å². The minimum absolute atomic E-state index is 0.0508. The Morgan fingerprint density at radius 3 is 3.00 bits per heavy atom. The molecule has 1 saturated heterocycles. The first-order valence-electron chi connectivity index (χ1n) is 5.33. The number of carbonyl (C=O) groups excluding carboxylic acids is 1. The highest BCUT2D eigenvalue weighted by molar-refractivity contribution is 5.76. The Labute approximate surface area is 85.2 Å². The number of nitrogens with one attached hydrogen (secondary N) is 1. The second kappa shape index (κ2) is 5.98. The molecule has 1 aliphatic rings. The molecule has 1 heterocycles. The predicted molar refractivity (Wildman–Crippen MR) is 54.9 cm³/mol. The number of nitrogens with two attached hydrogens (primary N) is 1. The molecule has 4 heteroatoms. The Bertz CT molecular complexity index is 179. The van der Waals surface area contributed by atoms with Crippen LogP contribution >= 0.6 is 0 Å². The van der Waals surface area contributed by atoms with E-state index >= 15 is 0 Å². The van der Waals surface area contributed by atoms with Crippen LogP contribution < -0.4 is 11.1 Å². The van der Waals surface area contributed by atoms with Crippen molar-refractivity contribution < 1.29 is 9.53 Å². The lowest BCUT2D eigenvalue weighted by Gasteiger charge is -2.22. The Kier molecular flexibility index (Phi) is 4.90. The summed E-state index contributed by atoms with van der Waals surface area (Å²) >= 11 is 0. The van der Waals surface area contributed by atoms with Crippen LogP contribution in [0.4, 0.5) is 0 Å². The molecular formula is C10H20N2O2. The van der Waals surface area contributed by atoms with Gasteiger partial charge in [-0.1, -0.05) is 0 Å². The van der Waals surface area contributed by atoms with Gasteiger partial charge in [0.05, 0.1) is 12.5 Å². The quantitative estimate of drug-likeness (QED) is 0.691. The second-order valence-electron chi connectivity index (χ2n) is 3.90. The summed E-state index contributed by atoms with van der Waals surface area (Å²) in [6, 6.07) is 0.0612. The van der Waals surface area contributed by atoms with Crippen LogP contribution in [-0.4, -0.2) is 31.2 Å². The Morgan fingerprint density at radius 2 is 2.43 bits per heavy atom. The molecule has 1 amide bonds. The van der Waals surface area contributed by atoms with Crippen LogP contribution in [0.3, 0.4) is 0 Å². The van der Waals surface area contributed by atoms with Crippen LogP contribution in [-0.2, 0) is 9.53 Å². The highest BCUT2D eigenvalue weighted by Gasteiger charge is 2.17. The largest absolute Gasteiger partial charge is 0.378 e. The fourth-order valence-electron chi connectivity index (χ4n) is 1.57. The van der Waals surface area contributed by atoms with Crippen molar-refractivity contribution in [1.82, 2.24) is 5.32 Å². The van der Waals surface area contributed by atoms with Crippen LogP contribution in [0.2, 0.25) is 0 Å². The molecule has 2 atom stereocenters. The van der Waals surface area contributed by atoms with E-state index in [9.17, 15) is 4.79 Å². The molecule has 0 aromatic rings. The molecule has 4 nitrogen and oxygen atoms in total. The molecule has 0 aromatic heterocycles. The van der Waals surface area contributed by atoms with E-state index in [0.717, 1.165) is 19.4 Å². The number of hydrogen-bond donors (Lipinski definition) is 2. The van der Waals surface area contributed by atoms with E-state index in [1.54, 1.807) is 0 Å². The third kappa shape index (κ3) is 4.07. The third-order valence-electron chi connectivity index (χ3n) is 2.45. The Morgan fingerprint density at radius 1 is 1.64 bits per heavy atom. The molecule has 0 aliphatic carbocycles. The summed E-state index contributed by atoms with van der Waals surface area (Å²) < 4.78 is 5.47. The molecule has 1 rings (SSSR count). The van der Waals surface area contributed by atoms with E-state index in [4.69, 9.17) is 10.5 Å². The molecule has 0 saturated carbocycles. The summed E-state index contributed by atoms with van der Waals surface area (Å²) in [6.07, 6.45) is 3.89. The lowest BCUT2D eigenvalue weighted by molar-refractivity contribution is -0.125. The van der Waals surface area contributed by atoms with Crippen LogP contribution in [0, 0.1) is 0 Å². The lowest BCUT2D eigenvalue weighted by atomic mass is 10.1. The van der Waals surface area contributed by atoms with Gasteiger partial charge in [-0.2, -0.15) is 0 Å². The topological polar surface area (TPSA) is 64.3 Å². The van der Waals surface area contributed by atoms with Gasteiger partial charge in [-0.3, -0.25) is 4.79 Å². The average molecular weight is 200 g/mol. The van der Waals surface area contributed by atoms with Gasteiger partial charge >= 0.3 is 0 Å². The highest BCUT2D eigenvalue weighted by Crippen LogP contribution is 2.15. The Hall–Kier alpha value is -0.610. The van der Waals surface area contributed by atoms with Crippen LogP contribution in [0.5, 0.6) is 0 Å². The summed E-state index contributed by atoms with van der Waals surface area (Å²) in [5.74, 6) is 0.0508. The van der Waals surface area contributed by atoms with E-state index in [0.29, 0.717) is 13.0 Å². The van der Waals surface area contributed by atoms with E-state index < -0.39 is 0 Å². The number of hydrogen-bond acceptors (Lipinski definition) is 3. The van der Waals surface area contributed by atoms with Crippen molar-refractivity contribution in [3.63, 3.8) is 0 Å². The third-order valence-corrected chi connectivity index (χ3v) is 2.45. The number of amides is 1. The van der Waals surface area contributed by atoms with Crippen LogP contribution in [0.25, 0.3) is 0 Å². The van der Waals surface area contributed by atoms with Crippen molar-refractivity contribution >= 4 is 5.91 Å². The van der Waals surface area contributed by atoms with E-state index in [2.05, 4.69) is 5.32 Å². The molecule has 0 spiro atoms. The fraction of sp³-hybridized carbons (Fsp3) is 0.900. The molecule has 0 aromatic carbocycles. The molecule has 14 heavy (non-hydrogen) atoms. The maximum atomic E-state index is 11.4. The fourth-order valence-corrected chi connectivity index (χ4v) is 1.57. The first-order chi connectivity index (χ1) is 6.72. The zero-order chi connectivity index (χ0) is 10.4. The molecule has 0 bridgehead atoms. The zero-order valence-corrected chi connectivity index (χ0v) is 8.79. The van der Waals surface area contributed by atoms with Crippen molar-refractivity contribution in [2.24, 2.45) is 5.73 Å². The number of rotatable bonds is 4. The van der Waals surface area contributed by atoms with Gasteiger partial charge in [0, 0.05) is 19.2 Å². The smallest absolute Gasteiger partial charge is 0.222 e. The summed E-state index contributed by atoms with van der Waals surface area (Å²) in [4.78, 5) is 11.4. The first-order valence-corrected chi connectivity index (χ1v) is 5.33. The van der Waals surface area contributed by atoms with E-state index in [-0.39, 0.29) is 18.1 Å². The van der Waals surface area contributed by atoms with Crippen molar-refractivity contribution in [2.45, 2.75) is 44.8 Å². The van der Waals surface area contributed by atoms with Crippen molar-refractivity contribution in [3.05, 3.63) is 0 Å². The van der Waals surface area contributed by atoms with Crippen molar-refractivity contribution in [3.8, 4) is 0 Å². The Balaban J connectivity index is 2.18. The van der Waals surface area contributed by atoms with E-state index in [1.807, 2.05) is 6.92 Å². The maximum absolute atomic E-state index is 11.4. The summed E-state index contributed by atoms with van der Waals surface area (Å²) in [5.41, 5.74) is 5.41. The van der Waals surface area contributed by atoms with Gasteiger partial charge < -0.3 is 15.8 Å². The minimum atomic E-state index is 0.0508. The normalized spacial score (nSPS) is 24.3. The molecule has 0 radical (unpaired) electrons. The maximum Gasteiger partial charge on any atom is 0.222 e. The first kappa shape index (κ1) is 11.5. The summed E-state index contributed by atoms with van der Waals surface area (Å²) in [7, 11) is 0. The van der Waals surface area contributed by atoms with Gasteiger partial charge in [-0.05, 0) is 26.2 Å². The molecular weight excluding hydrogens is 180 g/mol. The monoisotopic (exact) mass is 200 g/mol. The van der Waals surface area contributed by atoms with Gasteiger partial charge in [0.1, 0.15) is 0 Å². The molecule has 3 N–H and O–H groups in total. The van der Waals surface area contributed by atoms with Gasteiger partial charge in [-0.25, -0.2) is 0 Å². The zero-order valence-electron chi connectivity index (χ0n) is 8.79. The minimum Gasteiger partial charge on any atom is -0.378 e. The van der Waals surface area contributed by atoms with Gasteiger partial charge in [0.2, 0.25) is 5.91 Å². The number of carbonyl (C=O) groups is 1. The van der Waals surface area contributed by atoms with Gasteiger partial charge in [0.15, 0.2) is 0 Å². The number of ether oxygens (including phenoxy) is 1.